The van der Waals surface area contributed by atoms with Crippen LogP contribution in [0.5, 0.6) is 0 Å². The number of anilines is 2. The summed E-state index contributed by atoms with van der Waals surface area (Å²) in [5.41, 5.74) is 2.65. The summed E-state index contributed by atoms with van der Waals surface area (Å²) in [5.74, 6) is 0.806. The molecule has 3 amide bonds. The van der Waals surface area contributed by atoms with Crippen LogP contribution >= 0.6 is 0 Å². The maximum Gasteiger partial charge on any atom is 0.329 e. The minimum absolute atomic E-state index is 0.00329. The Morgan fingerprint density at radius 1 is 0.984 bits per heavy atom. The van der Waals surface area contributed by atoms with E-state index in [9.17, 15) is 28.0 Å². The van der Waals surface area contributed by atoms with E-state index in [4.69, 9.17) is 9.72 Å². The lowest BCUT2D eigenvalue weighted by atomic mass is 9.85. The van der Waals surface area contributed by atoms with Crippen molar-refractivity contribution in [3.05, 3.63) is 70.2 Å². The van der Waals surface area contributed by atoms with Gasteiger partial charge in [-0.05, 0) is 80.4 Å². The second-order valence-electron chi connectivity index (χ2n) is 18.5. The van der Waals surface area contributed by atoms with Crippen molar-refractivity contribution in [2.45, 2.75) is 87.9 Å². The second-order valence-corrected chi connectivity index (χ2v) is 18.5. The normalized spacial score (nSPS) is 27.9. The fraction of sp³-hybridized carbons (Fsp3) is 0.568. The Bertz CT molecular complexity index is 2660. The zero-order chi connectivity index (χ0) is 43.1. The molecule has 8 heterocycles. The van der Waals surface area contributed by atoms with E-state index in [2.05, 4.69) is 41.6 Å². The number of nitrogens with zero attached hydrogens (tertiary/aromatic N) is 10. The van der Waals surface area contributed by atoms with Crippen LogP contribution in [0.2, 0.25) is 0 Å². The standard InChI is InChI=1S/C44H52F2N12O5/c1-52-39-30(3-2-4-34(39)58(44(52)62)35-9-10-37(59)50-43(35)61)31-17-26(31)21-54-15-13-53(14-16-54)20-25-5-7-27(8-6-25)57-23-33(38(51-57)40(45)46)48-42(60)32-19-47-56-12-11-36(49-41(32)56)55-22-29-18-28(55)24-63-29/h2-4,11-12,19,23,25-29,31,35,40H,5-10,13-18,20-22,24H2,1H3,(H,48,60)(H,50,59,61)/t25-,26-,27-,28-,29-,31+,35?/m1/s1. The molecule has 5 aromatic rings. The van der Waals surface area contributed by atoms with Gasteiger partial charge in [0.2, 0.25) is 11.8 Å². The second kappa shape index (κ2) is 15.9. The number of rotatable bonds is 11. The number of aromatic nitrogens is 7. The molecule has 2 N–H and O–H groups in total. The van der Waals surface area contributed by atoms with Gasteiger partial charge in [-0.2, -0.15) is 10.2 Å². The number of morpholine rings is 1. The van der Waals surface area contributed by atoms with Gasteiger partial charge < -0.3 is 24.8 Å². The minimum Gasteiger partial charge on any atom is -0.374 e. The number of benzene rings is 1. The molecule has 63 heavy (non-hydrogen) atoms. The van der Waals surface area contributed by atoms with Gasteiger partial charge in [-0.3, -0.25) is 33.5 Å². The van der Waals surface area contributed by atoms with Gasteiger partial charge in [-0.1, -0.05) is 12.1 Å². The number of carbonyl (C=O) groups is 3. The highest BCUT2D eigenvalue weighted by atomic mass is 19.3. The molecule has 6 fully saturated rings. The lowest BCUT2D eigenvalue weighted by Gasteiger charge is -2.38. The van der Waals surface area contributed by atoms with Crippen LogP contribution in [-0.2, 0) is 21.4 Å². The number of para-hydroxylation sites is 1. The van der Waals surface area contributed by atoms with Crippen molar-refractivity contribution in [2.24, 2.45) is 18.9 Å². The highest BCUT2D eigenvalue weighted by Gasteiger charge is 2.43. The molecule has 0 radical (unpaired) electrons. The highest BCUT2D eigenvalue weighted by molar-refractivity contribution is 6.08. The van der Waals surface area contributed by atoms with Gasteiger partial charge in [0.05, 0.1) is 47.7 Å². The van der Waals surface area contributed by atoms with Crippen LogP contribution in [0, 0.1) is 11.8 Å². The van der Waals surface area contributed by atoms with Crippen LogP contribution in [0.1, 0.15) is 97.4 Å². The first-order chi connectivity index (χ1) is 30.6. The van der Waals surface area contributed by atoms with Crippen LogP contribution in [0.25, 0.3) is 16.7 Å². The van der Waals surface area contributed by atoms with E-state index in [0.29, 0.717) is 36.4 Å². The number of ether oxygens (including phenoxy) is 1. The van der Waals surface area contributed by atoms with E-state index >= 15 is 0 Å². The average Bonchev–Trinajstić information content (AvgIpc) is 3.81. The molecule has 4 saturated heterocycles. The quantitative estimate of drug-likeness (QED) is 0.185. The van der Waals surface area contributed by atoms with Crippen molar-refractivity contribution in [2.75, 3.05) is 62.6 Å². The fourth-order valence-electron chi connectivity index (χ4n) is 11.2. The number of imide groups is 1. The molecule has 17 nitrogen and oxygen atoms in total. The largest absolute Gasteiger partial charge is 0.374 e. The number of piperidine rings is 1. The smallest absolute Gasteiger partial charge is 0.329 e. The predicted molar refractivity (Wildman–Crippen MR) is 227 cm³/mol. The number of piperazine rings is 1. The predicted octanol–water partition coefficient (Wildman–Crippen LogP) is 3.88. The first-order valence-electron chi connectivity index (χ1n) is 22.5. The zero-order valence-corrected chi connectivity index (χ0v) is 35.2. The topological polar surface area (TPSA) is 169 Å². The van der Waals surface area contributed by atoms with Gasteiger partial charge >= 0.3 is 5.69 Å². The molecule has 4 aromatic heterocycles. The molecule has 4 aliphatic heterocycles. The van der Waals surface area contributed by atoms with Crippen molar-refractivity contribution < 1.29 is 27.9 Å². The first-order valence-corrected chi connectivity index (χ1v) is 22.5. The molecule has 2 saturated carbocycles. The van der Waals surface area contributed by atoms with E-state index in [-0.39, 0.29) is 47.5 Å². The lowest BCUT2D eigenvalue weighted by molar-refractivity contribution is -0.135. The number of hydrogen-bond acceptors (Lipinski definition) is 11. The van der Waals surface area contributed by atoms with Gasteiger partial charge in [-0.15, -0.1) is 0 Å². The fourth-order valence-corrected chi connectivity index (χ4v) is 11.2. The molecule has 5 atom stereocenters. The Labute approximate surface area is 361 Å². The summed E-state index contributed by atoms with van der Waals surface area (Å²) in [6.07, 6.45) is 8.18. The molecular weight excluding hydrogens is 815 g/mol. The van der Waals surface area contributed by atoms with Crippen molar-refractivity contribution in [1.29, 1.82) is 0 Å². The maximum atomic E-state index is 14.3. The number of amides is 3. The summed E-state index contributed by atoms with van der Waals surface area (Å²) < 4.78 is 40.8. The van der Waals surface area contributed by atoms with E-state index in [1.807, 2.05) is 18.2 Å². The Hall–Kier alpha value is -5.53. The number of hydrogen-bond donors (Lipinski definition) is 2. The first kappa shape index (κ1) is 40.3. The number of fused-ring (bicyclic) bond motifs is 4. The lowest BCUT2D eigenvalue weighted by Crippen LogP contribution is -2.48. The van der Waals surface area contributed by atoms with Crippen molar-refractivity contribution in [3.63, 3.8) is 0 Å². The van der Waals surface area contributed by atoms with Gasteiger partial charge in [0, 0.05) is 71.7 Å². The highest BCUT2D eigenvalue weighted by Crippen LogP contribution is 2.50. The Kier molecular flexibility index (Phi) is 10.2. The van der Waals surface area contributed by atoms with Gasteiger partial charge in [-0.25, -0.2) is 23.1 Å². The SMILES string of the molecule is Cn1c(=O)n(C2CCC(=O)NC2=O)c2cccc([C@H]3C[C@@H]3CN3CCN(C[C@H]4CC[C@H](n5cc(NC(=O)c6cnn7ccc(N8C[C@H]9C[C@@H]8CO9)nc67)c(C(F)F)n5)CC4)CC3)c21. The monoisotopic (exact) mass is 866 g/mol. The summed E-state index contributed by atoms with van der Waals surface area (Å²) in [6.45, 7) is 7.37. The molecule has 2 bridgehead atoms. The van der Waals surface area contributed by atoms with Crippen LogP contribution in [0.15, 0.2) is 47.7 Å². The van der Waals surface area contributed by atoms with Gasteiger partial charge in [0.15, 0.2) is 11.3 Å². The number of imidazole rings is 1. The van der Waals surface area contributed by atoms with Gasteiger partial charge in [0.1, 0.15) is 17.4 Å². The average molecular weight is 867 g/mol. The van der Waals surface area contributed by atoms with E-state index in [1.54, 1.807) is 33.3 Å². The van der Waals surface area contributed by atoms with Crippen LogP contribution in [0.4, 0.5) is 20.3 Å². The van der Waals surface area contributed by atoms with Crippen molar-refractivity contribution in [3.8, 4) is 0 Å². The number of halogens is 2. The number of nitrogens with one attached hydrogen (secondary N) is 2. The van der Waals surface area contributed by atoms with Crippen LogP contribution in [0.3, 0.4) is 0 Å². The third-order valence-corrected chi connectivity index (χ3v) is 14.7. The zero-order valence-electron chi connectivity index (χ0n) is 35.2. The molecular formula is C44H52F2N12O5. The molecule has 6 aliphatic rings. The summed E-state index contributed by atoms with van der Waals surface area (Å²) in [4.78, 5) is 63.6. The summed E-state index contributed by atoms with van der Waals surface area (Å²) in [7, 11) is 1.77. The molecule has 0 spiro atoms. The number of aryl methyl sites for hydroxylation is 1. The molecule has 2 aliphatic carbocycles. The number of alkyl halides is 2. The molecule has 332 valence electrons. The van der Waals surface area contributed by atoms with E-state index < -0.39 is 30.0 Å². The van der Waals surface area contributed by atoms with Crippen LogP contribution < -0.4 is 21.2 Å². The van der Waals surface area contributed by atoms with E-state index in [1.165, 1.54) is 10.7 Å². The maximum absolute atomic E-state index is 14.3. The Morgan fingerprint density at radius 2 is 1.78 bits per heavy atom. The molecule has 1 unspecified atom stereocenters. The number of carbonyl (C=O) groups excluding carboxylic acids is 3. The van der Waals surface area contributed by atoms with Gasteiger partial charge in [0.25, 0.3) is 12.3 Å². The Morgan fingerprint density at radius 3 is 2.51 bits per heavy atom. The summed E-state index contributed by atoms with van der Waals surface area (Å²) in [5, 5.41) is 13.7. The molecule has 11 rings (SSSR count). The van der Waals surface area contributed by atoms with Crippen LogP contribution in [-0.4, -0.2) is 126 Å². The van der Waals surface area contributed by atoms with E-state index in [0.717, 1.165) is 107 Å². The van der Waals surface area contributed by atoms with Crippen molar-refractivity contribution in [1.82, 2.24) is 48.6 Å². The third kappa shape index (κ3) is 7.40. The minimum atomic E-state index is -2.85. The Balaban J connectivity index is 0.668. The third-order valence-electron chi connectivity index (χ3n) is 14.7. The van der Waals surface area contributed by atoms with Crippen molar-refractivity contribution >= 4 is 45.9 Å². The summed E-state index contributed by atoms with van der Waals surface area (Å²) >= 11 is 0. The molecule has 19 heteroatoms. The summed E-state index contributed by atoms with van der Waals surface area (Å²) in [6, 6.07) is 7.37. The molecule has 1 aromatic carbocycles.